The maximum absolute atomic E-state index is 13.3. The van der Waals surface area contributed by atoms with Crippen LogP contribution in [0.4, 0.5) is 15.8 Å². The summed E-state index contributed by atoms with van der Waals surface area (Å²) in [6, 6.07) is 2.44. The molecule has 1 aromatic rings. The first kappa shape index (κ1) is 14.8. The molecule has 0 fully saturated rings. The summed E-state index contributed by atoms with van der Waals surface area (Å²) in [5.41, 5.74) is 0.529. The highest BCUT2D eigenvalue weighted by atomic mass is 32.2. The first-order chi connectivity index (χ1) is 8.26. The van der Waals surface area contributed by atoms with E-state index in [4.69, 9.17) is 0 Å². The minimum absolute atomic E-state index is 0.0455. The zero-order valence-corrected chi connectivity index (χ0v) is 11.7. The van der Waals surface area contributed by atoms with E-state index in [2.05, 4.69) is 5.32 Å². The number of nitro groups is 1. The van der Waals surface area contributed by atoms with E-state index in [0.717, 1.165) is 6.07 Å². The van der Waals surface area contributed by atoms with Crippen molar-refractivity contribution in [1.29, 1.82) is 0 Å². The van der Waals surface area contributed by atoms with Gasteiger partial charge in [0.25, 0.3) is 5.69 Å². The maximum Gasteiger partial charge on any atom is 0.295 e. The number of nitrogens with zero attached hydrogens (tertiary/aromatic N) is 1. The fourth-order valence-electron chi connectivity index (χ4n) is 1.34. The second kappa shape index (κ2) is 5.56. The number of anilines is 1. The highest BCUT2D eigenvalue weighted by Crippen LogP contribution is 2.29. The summed E-state index contributed by atoms with van der Waals surface area (Å²) in [4.78, 5) is 10.3. The number of hydrogen-bond acceptors (Lipinski definition) is 4. The molecule has 0 atom stereocenters. The third kappa shape index (κ3) is 3.60. The SMILES string of the molecule is CSC(C)(C)CNc1cc(C)c(F)cc1[N+](=O)[O-]. The van der Waals surface area contributed by atoms with Crippen molar-refractivity contribution in [1.82, 2.24) is 0 Å². The van der Waals surface area contributed by atoms with Crippen LogP contribution in [0.3, 0.4) is 0 Å². The van der Waals surface area contributed by atoms with Crippen molar-refractivity contribution >= 4 is 23.1 Å². The molecule has 4 nitrogen and oxygen atoms in total. The average molecular weight is 272 g/mol. The number of rotatable bonds is 5. The van der Waals surface area contributed by atoms with Crippen molar-refractivity contribution in [2.45, 2.75) is 25.5 Å². The van der Waals surface area contributed by atoms with Gasteiger partial charge in [0, 0.05) is 11.3 Å². The lowest BCUT2D eigenvalue weighted by molar-refractivity contribution is -0.384. The van der Waals surface area contributed by atoms with Gasteiger partial charge in [-0.15, -0.1) is 0 Å². The van der Waals surface area contributed by atoms with Gasteiger partial charge in [-0.25, -0.2) is 4.39 Å². The molecule has 0 unspecified atom stereocenters. The van der Waals surface area contributed by atoms with E-state index >= 15 is 0 Å². The molecular formula is C12H17FN2O2S. The fraction of sp³-hybridized carbons (Fsp3) is 0.500. The molecule has 1 rings (SSSR count). The molecule has 0 bridgehead atoms. The van der Waals surface area contributed by atoms with Crippen LogP contribution < -0.4 is 5.32 Å². The zero-order chi connectivity index (χ0) is 13.9. The monoisotopic (exact) mass is 272 g/mol. The van der Waals surface area contributed by atoms with Crippen LogP contribution in [0, 0.1) is 22.9 Å². The Morgan fingerprint density at radius 3 is 2.61 bits per heavy atom. The maximum atomic E-state index is 13.3. The molecule has 18 heavy (non-hydrogen) atoms. The topological polar surface area (TPSA) is 55.2 Å². The van der Waals surface area contributed by atoms with Crippen LogP contribution in [-0.2, 0) is 0 Å². The Bertz CT molecular complexity index is 464. The number of aryl methyl sites for hydroxylation is 1. The molecule has 0 aromatic heterocycles. The summed E-state index contributed by atoms with van der Waals surface area (Å²) in [6.07, 6.45) is 1.98. The van der Waals surface area contributed by atoms with E-state index in [1.807, 2.05) is 20.1 Å². The molecule has 1 aromatic carbocycles. The molecule has 0 amide bonds. The van der Waals surface area contributed by atoms with Crippen molar-refractivity contribution in [3.8, 4) is 0 Å². The molecule has 0 radical (unpaired) electrons. The lowest BCUT2D eigenvalue weighted by Crippen LogP contribution is -2.26. The molecule has 1 N–H and O–H groups in total. The molecule has 0 saturated heterocycles. The Hall–Kier alpha value is -1.30. The second-order valence-corrected chi connectivity index (χ2v) is 6.21. The Kier molecular flexibility index (Phi) is 4.56. The molecule has 6 heteroatoms. The van der Waals surface area contributed by atoms with Crippen LogP contribution in [0.25, 0.3) is 0 Å². The standard InChI is InChI=1S/C12H17FN2O2S/c1-8-5-10(14-7-12(2,3)18-4)11(15(16)17)6-9(8)13/h5-6,14H,7H2,1-4H3. The molecule has 0 aliphatic rings. The summed E-state index contributed by atoms with van der Waals surface area (Å²) < 4.78 is 13.3. The number of hydrogen-bond donors (Lipinski definition) is 1. The Balaban J connectivity index is 3.01. The van der Waals surface area contributed by atoms with Crippen molar-refractivity contribution in [2.24, 2.45) is 0 Å². The normalized spacial score (nSPS) is 11.4. The predicted molar refractivity (Wildman–Crippen MR) is 73.9 cm³/mol. The third-order valence-electron chi connectivity index (χ3n) is 2.73. The quantitative estimate of drug-likeness (QED) is 0.657. The van der Waals surface area contributed by atoms with Gasteiger partial charge in [0.1, 0.15) is 11.5 Å². The lowest BCUT2D eigenvalue weighted by Gasteiger charge is -2.23. The minimum atomic E-state index is -0.572. The van der Waals surface area contributed by atoms with Crippen molar-refractivity contribution in [3.05, 3.63) is 33.6 Å². The average Bonchev–Trinajstić information content (AvgIpc) is 2.30. The van der Waals surface area contributed by atoms with Crippen LogP contribution in [0.5, 0.6) is 0 Å². The van der Waals surface area contributed by atoms with Crippen LogP contribution >= 0.6 is 11.8 Å². The third-order valence-corrected chi connectivity index (χ3v) is 3.98. The van der Waals surface area contributed by atoms with E-state index in [1.165, 1.54) is 6.07 Å². The van der Waals surface area contributed by atoms with Gasteiger partial charge in [0.15, 0.2) is 0 Å². The van der Waals surface area contributed by atoms with E-state index in [0.29, 0.717) is 17.8 Å². The number of halogens is 1. The van der Waals surface area contributed by atoms with E-state index in [9.17, 15) is 14.5 Å². The number of thioether (sulfide) groups is 1. The highest BCUT2D eigenvalue weighted by molar-refractivity contribution is 7.99. The largest absolute Gasteiger partial charge is 0.378 e. The molecule has 0 saturated carbocycles. The van der Waals surface area contributed by atoms with Crippen LogP contribution in [-0.4, -0.2) is 22.5 Å². The summed E-state index contributed by atoms with van der Waals surface area (Å²) in [7, 11) is 0. The van der Waals surface area contributed by atoms with Gasteiger partial charge in [-0.1, -0.05) is 0 Å². The van der Waals surface area contributed by atoms with E-state index in [-0.39, 0.29) is 10.4 Å². The molecular weight excluding hydrogens is 255 g/mol. The fourth-order valence-corrected chi connectivity index (χ4v) is 1.56. The van der Waals surface area contributed by atoms with Crippen LogP contribution in [0.15, 0.2) is 12.1 Å². The molecule has 0 aliphatic carbocycles. The van der Waals surface area contributed by atoms with Gasteiger partial charge >= 0.3 is 0 Å². The number of nitro benzene ring substituents is 1. The number of benzene rings is 1. The molecule has 0 spiro atoms. The van der Waals surface area contributed by atoms with Crippen LogP contribution in [0.1, 0.15) is 19.4 Å². The minimum Gasteiger partial charge on any atom is -0.378 e. The summed E-state index contributed by atoms with van der Waals surface area (Å²) in [6.45, 7) is 6.23. The second-order valence-electron chi connectivity index (χ2n) is 4.69. The smallest absolute Gasteiger partial charge is 0.295 e. The van der Waals surface area contributed by atoms with E-state index < -0.39 is 10.7 Å². The van der Waals surface area contributed by atoms with Crippen molar-refractivity contribution in [3.63, 3.8) is 0 Å². The highest BCUT2D eigenvalue weighted by Gasteiger charge is 2.20. The summed E-state index contributed by atoms with van der Waals surface area (Å²) in [5, 5.41) is 13.9. The first-order valence-electron chi connectivity index (χ1n) is 5.50. The molecule has 0 aliphatic heterocycles. The van der Waals surface area contributed by atoms with Gasteiger partial charge < -0.3 is 5.32 Å². The first-order valence-corrected chi connectivity index (χ1v) is 6.73. The predicted octanol–water partition coefficient (Wildman–Crippen LogP) is 3.60. The van der Waals surface area contributed by atoms with Gasteiger partial charge in [0.05, 0.1) is 11.0 Å². The molecule has 100 valence electrons. The zero-order valence-electron chi connectivity index (χ0n) is 10.9. The van der Waals surface area contributed by atoms with E-state index in [1.54, 1.807) is 18.7 Å². The van der Waals surface area contributed by atoms with Gasteiger partial charge in [-0.3, -0.25) is 10.1 Å². The van der Waals surface area contributed by atoms with Gasteiger partial charge in [0.2, 0.25) is 0 Å². The van der Waals surface area contributed by atoms with Crippen LogP contribution in [0.2, 0.25) is 0 Å². The molecule has 0 heterocycles. The summed E-state index contributed by atoms with van der Waals surface area (Å²) >= 11 is 1.66. The van der Waals surface area contributed by atoms with Gasteiger partial charge in [-0.05, 0) is 38.7 Å². The van der Waals surface area contributed by atoms with Crippen molar-refractivity contribution < 1.29 is 9.31 Å². The Labute approximate surface area is 110 Å². The lowest BCUT2D eigenvalue weighted by atomic mass is 10.1. The number of nitrogens with one attached hydrogen (secondary N) is 1. The Morgan fingerprint density at radius 1 is 1.50 bits per heavy atom. The summed E-state index contributed by atoms with van der Waals surface area (Å²) in [5.74, 6) is -0.559. The van der Waals surface area contributed by atoms with Gasteiger partial charge in [-0.2, -0.15) is 11.8 Å². The van der Waals surface area contributed by atoms with Crippen molar-refractivity contribution in [2.75, 3.05) is 18.1 Å². The Morgan fingerprint density at radius 2 is 2.11 bits per heavy atom.